The van der Waals surface area contributed by atoms with Gasteiger partial charge in [0.05, 0.1) is 14.2 Å². The monoisotopic (exact) mass is 471 g/mol. The number of carbonyl (C=O) groups excluding carboxylic acids is 1. The summed E-state index contributed by atoms with van der Waals surface area (Å²) in [4.78, 5) is 13.3. The molecule has 0 aliphatic rings. The molecule has 1 N–H and O–H groups in total. The summed E-state index contributed by atoms with van der Waals surface area (Å²) in [5, 5.41) is 3.25. The van der Waals surface area contributed by atoms with Gasteiger partial charge >= 0.3 is 0 Å². The summed E-state index contributed by atoms with van der Waals surface area (Å²) in [6, 6.07) is 12.4. The number of carbonyl (C=O) groups is 1. The maximum absolute atomic E-state index is 13.3. The molecule has 0 bridgehead atoms. The molecule has 182 valence electrons. The minimum absolute atomic E-state index is 0.0428. The van der Waals surface area contributed by atoms with Crippen LogP contribution in [-0.2, 0) is 16.0 Å². The molecule has 0 spiro atoms. The van der Waals surface area contributed by atoms with Gasteiger partial charge in [-0.05, 0) is 52.8 Å². The molecular weight excluding hydrogens is 430 g/mol. The Labute approximate surface area is 204 Å². The molecule has 4 nitrogen and oxygen atoms in total. The number of unbranched alkanes of at least 4 members (excludes halogenated alkanes) is 2. The number of amides is 1. The maximum Gasteiger partial charge on any atom is 0.224 e. The van der Waals surface area contributed by atoms with Crippen molar-refractivity contribution in [2.75, 3.05) is 25.8 Å². The molecule has 0 saturated heterocycles. The lowest BCUT2D eigenvalue weighted by Crippen LogP contribution is -2.21. The standard InChI is InChI=1S/C28H41NO3S/c1-8-9-10-11-21(23-14-13-22(31-5)18-26(23)32-6)17-27(30)29-25-16-20(19-33-7)12-15-24(25)28(2,3)4/h12-16,18,21H,8-11,17,19H2,1-7H3,(H,29,30). The normalized spacial score (nSPS) is 12.3. The van der Waals surface area contributed by atoms with Gasteiger partial charge in [-0.15, -0.1) is 0 Å². The number of methoxy groups -OCH3 is 2. The second-order valence-electron chi connectivity index (χ2n) is 9.62. The van der Waals surface area contributed by atoms with Crippen molar-refractivity contribution in [2.24, 2.45) is 0 Å². The lowest BCUT2D eigenvalue weighted by atomic mass is 9.85. The van der Waals surface area contributed by atoms with Gasteiger partial charge in [0.25, 0.3) is 0 Å². The highest BCUT2D eigenvalue weighted by atomic mass is 32.2. The first-order valence-corrected chi connectivity index (χ1v) is 13.3. The number of hydrogen-bond donors (Lipinski definition) is 1. The Kier molecular flexibility index (Phi) is 10.6. The average molecular weight is 472 g/mol. The van der Waals surface area contributed by atoms with Gasteiger partial charge in [-0.25, -0.2) is 0 Å². The maximum atomic E-state index is 13.3. The van der Waals surface area contributed by atoms with E-state index in [1.165, 1.54) is 5.56 Å². The van der Waals surface area contributed by atoms with E-state index in [-0.39, 0.29) is 17.2 Å². The van der Waals surface area contributed by atoms with Gasteiger partial charge in [-0.3, -0.25) is 4.79 Å². The van der Waals surface area contributed by atoms with Crippen LogP contribution in [0, 0.1) is 0 Å². The van der Waals surface area contributed by atoms with Crippen molar-refractivity contribution in [3.63, 3.8) is 0 Å². The number of rotatable bonds is 12. The van der Waals surface area contributed by atoms with Crippen LogP contribution in [0.3, 0.4) is 0 Å². The minimum atomic E-state index is -0.0553. The third-order valence-corrected chi connectivity index (χ3v) is 6.57. The van der Waals surface area contributed by atoms with E-state index in [0.29, 0.717) is 6.42 Å². The molecule has 2 aromatic rings. The molecule has 0 radical (unpaired) electrons. The lowest BCUT2D eigenvalue weighted by Gasteiger charge is -2.25. The highest BCUT2D eigenvalue weighted by molar-refractivity contribution is 7.97. The number of ether oxygens (including phenoxy) is 2. The largest absolute Gasteiger partial charge is 0.497 e. The van der Waals surface area contributed by atoms with E-state index in [1.807, 2.05) is 18.2 Å². The van der Waals surface area contributed by atoms with Crippen LogP contribution in [0.5, 0.6) is 11.5 Å². The van der Waals surface area contributed by atoms with Gasteiger partial charge in [0.2, 0.25) is 5.91 Å². The Balaban J connectivity index is 2.31. The van der Waals surface area contributed by atoms with Gasteiger partial charge < -0.3 is 14.8 Å². The van der Waals surface area contributed by atoms with E-state index in [2.05, 4.69) is 57.5 Å². The highest BCUT2D eigenvalue weighted by Crippen LogP contribution is 2.37. The zero-order chi connectivity index (χ0) is 24.4. The third-order valence-electron chi connectivity index (χ3n) is 5.95. The fourth-order valence-corrected chi connectivity index (χ4v) is 4.71. The predicted molar refractivity (Wildman–Crippen MR) is 142 cm³/mol. The Morgan fingerprint density at radius 2 is 1.82 bits per heavy atom. The summed E-state index contributed by atoms with van der Waals surface area (Å²) in [5.41, 5.74) is 4.32. The van der Waals surface area contributed by atoms with E-state index in [9.17, 15) is 4.79 Å². The van der Waals surface area contributed by atoms with Crippen molar-refractivity contribution in [1.29, 1.82) is 0 Å². The smallest absolute Gasteiger partial charge is 0.224 e. The van der Waals surface area contributed by atoms with Crippen LogP contribution in [-0.4, -0.2) is 26.4 Å². The molecular formula is C28H41NO3S. The molecule has 1 atom stereocenters. The predicted octanol–water partition coefficient (Wildman–Crippen LogP) is 7.56. The van der Waals surface area contributed by atoms with Crippen LogP contribution in [0.25, 0.3) is 0 Å². The van der Waals surface area contributed by atoms with E-state index >= 15 is 0 Å². The lowest BCUT2D eigenvalue weighted by molar-refractivity contribution is -0.116. The van der Waals surface area contributed by atoms with Crippen LogP contribution in [0.2, 0.25) is 0 Å². The first-order chi connectivity index (χ1) is 15.7. The highest BCUT2D eigenvalue weighted by Gasteiger charge is 2.23. The fourth-order valence-electron chi connectivity index (χ4n) is 4.19. The Bertz CT molecular complexity index is 905. The molecule has 1 unspecified atom stereocenters. The first-order valence-electron chi connectivity index (χ1n) is 11.9. The zero-order valence-electron chi connectivity index (χ0n) is 21.4. The Morgan fingerprint density at radius 1 is 1.06 bits per heavy atom. The van der Waals surface area contributed by atoms with Crippen molar-refractivity contribution in [3.05, 3.63) is 53.1 Å². The summed E-state index contributed by atoms with van der Waals surface area (Å²) < 4.78 is 11.0. The molecule has 33 heavy (non-hydrogen) atoms. The Morgan fingerprint density at radius 3 is 2.42 bits per heavy atom. The topological polar surface area (TPSA) is 47.6 Å². The quantitative estimate of drug-likeness (QED) is 0.325. The molecule has 0 saturated carbocycles. The van der Waals surface area contributed by atoms with Crippen molar-refractivity contribution >= 4 is 23.4 Å². The summed E-state index contributed by atoms with van der Waals surface area (Å²) in [5.74, 6) is 2.59. The van der Waals surface area contributed by atoms with Crippen LogP contribution >= 0.6 is 11.8 Å². The van der Waals surface area contributed by atoms with Crippen molar-refractivity contribution in [3.8, 4) is 11.5 Å². The van der Waals surface area contributed by atoms with Gasteiger partial charge in [-0.1, -0.05) is 65.2 Å². The second-order valence-corrected chi connectivity index (χ2v) is 10.5. The summed E-state index contributed by atoms with van der Waals surface area (Å²) in [7, 11) is 3.33. The number of anilines is 1. The zero-order valence-corrected chi connectivity index (χ0v) is 22.2. The summed E-state index contributed by atoms with van der Waals surface area (Å²) >= 11 is 1.79. The third kappa shape index (κ3) is 7.99. The number of hydrogen-bond acceptors (Lipinski definition) is 4. The van der Waals surface area contributed by atoms with Gasteiger partial charge in [-0.2, -0.15) is 11.8 Å². The van der Waals surface area contributed by atoms with Crippen LogP contribution in [0.15, 0.2) is 36.4 Å². The SMILES string of the molecule is CCCCCC(CC(=O)Nc1cc(CSC)ccc1C(C)(C)C)c1ccc(OC)cc1OC. The van der Waals surface area contributed by atoms with E-state index in [1.54, 1.807) is 26.0 Å². The number of thioether (sulfide) groups is 1. The average Bonchev–Trinajstić information content (AvgIpc) is 2.77. The van der Waals surface area contributed by atoms with E-state index in [0.717, 1.165) is 59.7 Å². The van der Waals surface area contributed by atoms with Crippen LogP contribution < -0.4 is 14.8 Å². The van der Waals surface area contributed by atoms with Gasteiger partial charge in [0.1, 0.15) is 11.5 Å². The molecule has 2 rings (SSSR count). The first kappa shape index (κ1) is 27.1. The second kappa shape index (κ2) is 12.9. The van der Waals surface area contributed by atoms with Crippen LogP contribution in [0.4, 0.5) is 5.69 Å². The molecule has 0 aromatic heterocycles. The fraction of sp³-hybridized carbons (Fsp3) is 0.536. The van der Waals surface area contributed by atoms with E-state index < -0.39 is 0 Å². The minimum Gasteiger partial charge on any atom is -0.497 e. The van der Waals surface area contributed by atoms with Gasteiger partial charge in [0.15, 0.2) is 0 Å². The Hall–Kier alpha value is -2.14. The number of benzene rings is 2. The molecule has 2 aromatic carbocycles. The molecule has 0 heterocycles. The number of nitrogens with one attached hydrogen (secondary N) is 1. The molecule has 0 fully saturated rings. The summed E-state index contributed by atoms with van der Waals surface area (Å²) in [6.45, 7) is 8.75. The van der Waals surface area contributed by atoms with Crippen molar-refractivity contribution < 1.29 is 14.3 Å². The molecule has 0 aliphatic carbocycles. The van der Waals surface area contributed by atoms with E-state index in [4.69, 9.17) is 9.47 Å². The van der Waals surface area contributed by atoms with Crippen LogP contribution in [0.1, 0.15) is 82.4 Å². The summed E-state index contributed by atoms with van der Waals surface area (Å²) in [6.07, 6.45) is 6.85. The van der Waals surface area contributed by atoms with Gasteiger partial charge in [0, 0.05) is 23.9 Å². The molecule has 0 aliphatic heterocycles. The molecule has 1 amide bonds. The molecule has 5 heteroatoms. The van der Waals surface area contributed by atoms with Crippen molar-refractivity contribution in [1.82, 2.24) is 0 Å². The van der Waals surface area contributed by atoms with Crippen molar-refractivity contribution in [2.45, 2.75) is 76.9 Å².